The molecule has 0 saturated carbocycles. The smallest absolute Gasteiger partial charge is 0.239 e. The lowest BCUT2D eigenvalue weighted by Crippen LogP contribution is -2.50. The molecule has 21 heavy (non-hydrogen) atoms. The highest BCUT2D eigenvalue weighted by atomic mass is 19.2. The van der Waals surface area contributed by atoms with Gasteiger partial charge in [0.1, 0.15) is 0 Å². The first-order valence-corrected chi connectivity index (χ1v) is 7.54. The second-order valence-electron chi connectivity index (χ2n) is 5.38. The minimum atomic E-state index is -0.822. The zero-order valence-corrected chi connectivity index (χ0v) is 12.5. The first kappa shape index (κ1) is 15.9. The van der Waals surface area contributed by atoms with Crippen LogP contribution in [0.15, 0.2) is 18.2 Å². The molecular weight excluding hydrogens is 274 g/mol. The zero-order valence-electron chi connectivity index (χ0n) is 12.5. The van der Waals surface area contributed by atoms with E-state index in [2.05, 4.69) is 5.32 Å². The Morgan fingerprint density at radius 2 is 2.05 bits per heavy atom. The average Bonchev–Trinajstić information content (AvgIpc) is 2.51. The molecule has 1 fully saturated rings. The lowest BCUT2D eigenvalue weighted by atomic mass is 9.85. The van der Waals surface area contributed by atoms with Crippen molar-refractivity contribution in [1.82, 2.24) is 10.2 Å². The van der Waals surface area contributed by atoms with Gasteiger partial charge in [0.15, 0.2) is 11.6 Å². The SMILES string of the molecule is CCN(CC)C(=O)C1CC(c2cccc(F)c2F)CCN1. The van der Waals surface area contributed by atoms with Crippen molar-refractivity contribution in [3.63, 3.8) is 0 Å². The molecular formula is C16H22F2N2O. The highest BCUT2D eigenvalue weighted by molar-refractivity contribution is 5.82. The molecule has 1 saturated heterocycles. The predicted molar refractivity (Wildman–Crippen MR) is 78.1 cm³/mol. The van der Waals surface area contributed by atoms with Crippen LogP contribution in [0.4, 0.5) is 8.78 Å². The van der Waals surface area contributed by atoms with Crippen molar-refractivity contribution in [2.45, 2.75) is 38.6 Å². The number of piperidine rings is 1. The summed E-state index contributed by atoms with van der Waals surface area (Å²) in [6.07, 6.45) is 1.22. The Bertz CT molecular complexity index is 503. The number of likely N-dealkylation sites (N-methyl/N-ethyl adjacent to an activating group) is 1. The number of nitrogens with zero attached hydrogens (tertiary/aromatic N) is 1. The van der Waals surface area contributed by atoms with Crippen LogP contribution < -0.4 is 5.32 Å². The van der Waals surface area contributed by atoms with Crippen LogP contribution in [0.3, 0.4) is 0 Å². The highest BCUT2D eigenvalue weighted by Crippen LogP contribution is 2.30. The van der Waals surface area contributed by atoms with Crippen LogP contribution in [0.5, 0.6) is 0 Å². The average molecular weight is 296 g/mol. The highest BCUT2D eigenvalue weighted by Gasteiger charge is 2.31. The van der Waals surface area contributed by atoms with E-state index in [0.29, 0.717) is 38.0 Å². The molecule has 0 bridgehead atoms. The summed E-state index contributed by atoms with van der Waals surface area (Å²) in [6, 6.07) is 3.95. The van der Waals surface area contributed by atoms with Crippen molar-refractivity contribution >= 4 is 5.91 Å². The van der Waals surface area contributed by atoms with Gasteiger partial charge in [0.2, 0.25) is 5.91 Å². The van der Waals surface area contributed by atoms with Gasteiger partial charge in [-0.3, -0.25) is 4.79 Å². The molecule has 1 heterocycles. The van der Waals surface area contributed by atoms with Crippen LogP contribution in [-0.2, 0) is 4.79 Å². The van der Waals surface area contributed by atoms with Crippen LogP contribution in [0.1, 0.15) is 38.2 Å². The number of halogens is 2. The summed E-state index contributed by atoms with van der Waals surface area (Å²) in [5.41, 5.74) is 0.383. The van der Waals surface area contributed by atoms with Gasteiger partial charge in [-0.05, 0) is 50.8 Å². The van der Waals surface area contributed by atoms with Gasteiger partial charge in [0.05, 0.1) is 6.04 Å². The van der Waals surface area contributed by atoms with Gasteiger partial charge in [-0.1, -0.05) is 12.1 Å². The number of nitrogens with one attached hydrogen (secondary N) is 1. The topological polar surface area (TPSA) is 32.3 Å². The fourth-order valence-electron chi connectivity index (χ4n) is 2.98. The molecule has 1 aromatic carbocycles. The molecule has 2 atom stereocenters. The van der Waals surface area contributed by atoms with Crippen molar-refractivity contribution < 1.29 is 13.6 Å². The number of amides is 1. The molecule has 1 aliphatic heterocycles. The van der Waals surface area contributed by atoms with Gasteiger partial charge in [-0.15, -0.1) is 0 Å². The molecule has 5 heteroatoms. The van der Waals surface area contributed by atoms with E-state index >= 15 is 0 Å². The Kier molecular flexibility index (Phi) is 5.28. The van der Waals surface area contributed by atoms with Gasteiger partial charge in [0, 0.05) is 13.1 Å². The normalized spacial score (nSPS) is 22.1. The van der Waals surface area contributed by atoms with Gasteiger partial charge in [-0.25, -0.2) is 8.78 Å². The fourth-order valence-corrected chi connectivity index (χ4v) is 2.98. The van der Waals surface area contributed by atoms with Crippen molar-refractivity contribution in [3.05, 3.63) is 35.4 Å². The Labute approximate surface area is 124 Å². The Morgan fingerprint density at radius 3 is 2.71 bits per heavy atom. The quantitative estimate of drug-likeness (QED) is 0.926. The third-order valence-electron chi connectivity index (χ3n) is 4.20. The molecule has 0 radical (unpaired) electrons. The summed E-state index contributed by atoms with van der Waals surface area (Å²) in [7, 11) is 0. The van der Waals surface area contributed by atoms with Crippen molar-refractivity contribution in [2.75, 3.05) is 19.6 Å². The van der Waals surface area contributed by atoms with Crippen molar-refractivity contribution in [1.29, 1.82) is 0 Å². The van der Waals surface area contributed by atoms with E-state index in [4.69, 9.17) is 0 Å². The van der Waals surface area contributed by atoms with Crippen molar-refractivity contribution in [3.8, 4) is 0 Å². The Balaban J connectivity index is 2.14. The molecule has 1 aliphatic rings. The number of carbonyl (C=O) groups is 1. The summed E-state index contributed by atoms with van der Waals surface area (Å²) < 4.78 is 27.3. The maximum absolute atomic E-state index is 13.9. The molecule has 2 rings (SSSR count). The second kappa shape index (κ2) is 6.98. The van der Waals surface area contributed by atoms with Crippen LogP contribution in [0, 0.1) is 11.6 Å². The molecule has 2 unspecified atom stereocenters. The molecule has 0 aliphatic carbocycles. The standard InChI is InChI=1S/C16H22F2N2O/c1-3-20(4-2)16(21)14-10-11(8-9-19-14)12-6-5-7-13(17)15(12)18/h5-7,11,14,19H,3-4,8-10H2,1-2H3. The number of rotatable bonds is 4. The summed E-state index contributed by atoms with van der Waals surface area (Å²) >= 11 is 0. The van der Waals surface area contributed by atoms with E-state index in [0.717, 1.165) is 6.07 Å². The maximum Gasteiger partial charge on any atom is 0.239 e. The number of carbonyl (C=O) groups excluding carboxylic acids is 1. The molecule has 0 spiro atoms. The predicted octanol–water partition coefficient (Wildman–Crippen LogP) is 2.67. The van der Waals surface area contributed by atoms with Gasteiger partial charge >= 0.3 is 0 Å². The molecule has 1 aromatic rings. The molecule has 3 nitrogen and oxygen atoms in total. The lowest BCUT2D eigenvalue weighted by molar-refractivity contribution is -0.133. The summed E-state index contributed by atoms with van der Waals surface area (Å²) in [4.78, 5) is 14.2. The third-order valence-corrected chi connectivity index (χ3v) is 4.20. The maximum atomic E-state index is 13.9. The van der Waals surface area contributed by atoms with E-state index in [-0.39, 0.29) is 17.9 Å². The van der Waals surface area contributed by atoms with E-state index < -0.39 is 11.6 Å². The van der Waals surface area contributed by atoms with E-state index in [1.807, 2.05) is 13.8 Å². The van der Waals surface area contributed by atoms with E-state index in [1.165, 1.54) is 6.07 Å². The Morgan fingerprint density at radius 1 is 1.33 bits per heavy atom. The zero-order chi connectivity index (χ0) is 15.4. The minimum Gasteiger partial charge on any atom is -0.342 e. The Hall–Kier alpha value is -1.49. The first-order valence-electron chi connectivity index (χ1n) is 7.54. The van der Waals surface area contributed by atoms with Crippen molar-refractivity contribution in [2.24, 2.45) is 0 Å². The van der Waals surface area contributed by atoms with Crippen LogP contribution in [0.25, 0.3) is 0 Å². The molecule has 1 N–H and O–H groups in total. The number of hydrogen-bond acceptors (Lipinski definition) is 2. The number of benzene rings is 1. The molecule has 0 aromatic heterocycles. The first-order chi connectivity index (χ1) is 10.1. The minimum absolute atomic E-state index is 0.0431. The number of hydrogen-bond donors (Lipinski definition) is 1. The van der Waals surface area contributed by atoms with Crippen LogP contribution in [0.2, 0.25) is 0 Å². The van der Waals surface area contributed by atoms with Gasteiger partial charge in [0.25, 0.3) is 0 Å². The van der Waals surface area contributed by atoms with Crippen LogP contribution in [-0.4, -0.2) is 36.5 Å². The monoisotopic (exact) mass is 296 g/mol. The largest absolute Gasteiger partial charge is 0.342 e. The lowest BCUT2D eigenvalue weighted by Gasteiger charge is -2.33. The summed E-state index contributed by atoms with van der Waals surface area (Å²) in [6.45, 7) is 5.83. The second-order valence-corrected chi connectivity index (χ2v) is 5.38. The summed E-state index contributed by atoms with van der Waals surface area (Å²) in [5.74, 6) is -1.68. The van der Waals surface area contributed by atoms with Gasteiger partial charge < -0.3 is 10.2 Å². The van der Waals surface area contributed by atoms with Gasteiger partial charge in [-0.2, -0.15) is 0 Å². The molecule has 1 amide bonds. The van der Waals surface area contributed by atoms with E-state index in [9.17, 15) is 13.6 Å². The fraction of sp³-hybridized carbons (Fsp3) is 0.562. The third kappa shape index (κ3) is 3.40. The van der Waals surface area contributed by atoms with Crippen LogP contribution >= 0.6 is 0 Å². The summed E-state index contributed by atoms with van der Waals surface area (Å²) in [5, 5.41) is 3.19. The molecule has 116 valence electrons. The van der Waals surface area contributed by atoms with E-state index in [1.54, 1.807) is 11.0 Å².